The molecule has 1 aromatic heterocycles. The predicted octanol–water partition coefficient (Wildman–Crippen LogP) is 2.03. The Morgan fingerprint density at radius 3 is 2.69 bits per heavy atom. The van der Waals surface area contributed by atoms with E-state index in [9.17, 15) is 0 Å². The molecule has 0 bridgehead atoms. The van der Waals surface area contributed by atoms with E-state index in [0.29, 0.717) is 6.54 Å². The van der Waals surface area contributed by atoms with Crippen molar-refractivity contribution in [2.75, 3.05) is 29.5 Å². The second kappa shape index (κ2) is 4.55. The van der Waals surface area contributed by atoms with Gasteiger partial charge in [-0.15, -0.1) is 11.3 Å². The molecule has 88 valence electrons. The highest BCUT2D eigenvalue weighted by molar-refractivity contribution is 7.99. The van der Waals surface area contributed by atoms with Crippen molar-refractivity contribution in [2.24, 2.45) is 5.73 Å². The molecule has 0 amide bonds. The fraction of sp³-hybridized carbons (Fsp3) is 0.727. The molecule has 3 rings (SSSR count). The Morgan fingerprint density at radius 1 is 1.31 bits per heavy atom. The summed E-state index contributed by atoms with van der Waals surface area (Å²) in [6.07, 6.45) is 2.62. The second-order valence-corrected chi connectivity index (χ2v) is 6.67. The number of anilines is 1. The summed E-state index contributed by atoms with van der Waals surface area (Å²) in [5.41, 5.74) is 7.11. The highest BCUT2D eigenvalue weighted by Crippen LogP contribution is 2.44. The molecule has 5 heteroatoms. The number of nitrogens with zero attached hydrogens (tertiary/aromatic N) is 2. The van der Waals surface area contributed by atoms with Crippen LogP contribution in [0.15, 0.2) is 0 Å². The lowest BCUT2D eigenvalue weighted by atomic mass is 10.2. The van der Waals surface area contributed by atoms with Gasteiger partial charge < -0.3 is 10.6 Å². The van der Waals surface area contributed by atoms with Crippen molar-refractivity contribution in [2.45, 2.75) is 25.3 Å². The zero-order valence-corrected chi connectivity index (χ0v) is 10.9. The summed E-state index contributed by atoms with van der Waals surface area (Å²) < 4.78 is 0. The van der Waals surface area contributed by atoms with Crippen LogP contribution in [0.4, 0.5) is 5.13 Å². The highest BCUT2D eigenvalue weighted by Gasteiger charge is 2.30. The maximum Gasteiger partial charge on any atom is 0.185 e. The average Bonchev–Trinajstić information content (AvgIpc) is 3.10. The molecule has 1 aliphatic carbocycles. The van der Waals surface area contributed by atoms with Crippen LogP contribution >= 0.6 is 23.1 Å². The molecule has 1 saturated carbocycles. The van der Waals surface area contributed by atoms with Crippen LogP contribution in [0.25, 0.3) is 0 Å². The number of aromatic nitrogens is 1. The van der Waals surface area contributed by atoms with Gasteiger partial charge in [-0.05, 0) is 12.8 Å². The molecule has 0 aromatic carbocycles. The first kappa shape index (κ1) is 10.9. The first-order chi connectivity index (χ1) is 7.88. The molecule has 0 radical (unpaired) electrons. The predicted molar refractivity (Wildman–Crippen MR) is 71.5 cm³/mol. The van der Waals surface area contributed by atoms with E-state index in [1.54, 1.807) is 0 Å². The maximum atomic E-state index is 5.81. The summed E-state index contributed by atoms with van der Waals surface area (Å²) in [6.45, 7) is 2.95. The Morgan fingerprint density at radius 2 is 2.06 bits per heavy atom. The minimum absolute atomic E-state index is 0.659. The van der Waals surface area contributed by atoms with Crippen LogP contribution < -0.4 is 10.6 Å². The molecule has 1 aromatic rings. The number of thioether (sulfide) groups is 1. The van der Waals surface area contributed by atoms with E-state index in [-0.39, 0.29) is 0 Å². The summed E-state index contributed by atoms with van der Waals surface area (Å²) >= 11 is 3.85. The SMILES string of the molecule is NCc1sc(N2CCSCC2)nc1C1CC1. The molecule has 2 fully saturated rings. The lowest BCUT2D eigenvalue weighted by Gasteiger charge is -2.25. The van der Waals surface area contributed by atoms with E-state index in [4.69, 9.17) is 10.7 Å². The molecule has 0 unspecified atom stereocenters. The summed E-state index contributed by atoms with van der Waals surface area (Å²) in [4.78, 5) is 8.56. The van der Waals surface area contributed by atoms with Gasteiger partial charge in [0.2, 0.25) is 0 Å². The molecule has 3 nitrogen and oxygen atoms in total. The van der Waals surface area contributed by atoms with Crippen LogP contribution in [0.2, 0.25) is 0 Å². The summed E-state index contributed by atoms with van der Waals surface area (Å²) in [5.74, 6) is 3.19. The zero-order chi connectivity index (χ0) is 11.0. The molecule has 1 saturated heterocycles. The summed E-state index contributed by atoms with van der Waals surface area (Å²) in [7, 11) is 0. The van der Waals surface area contributed by atoms with Crippen molar-refractivity contribution < 1.29 is 0 Å². The van der Waals surface area contributed by atoms with E-state index in [1.807, 2.05) is 23.1 Å². The van der Waals surface area contributed by atoms with Gasteiger partial charge in [0.1, 0.15) is 0 Å². The van der Waals surface area contributed by atoms with Gasteiger partial charge >= 0.3 is 0 Å². The summed E-state index contributed by atoms with van der Waals surface area (Å²) in [5, 5.41) is 1.21. The molecule has 2 N–H and O–H groups in total. The van der Waals surface area contributed by atoms with Gasteiger partial charge in [-0.25, -0.2) is 4.98 Å². The van der Waals surface area contributed by atoms with Crippen LogP contribution in [0.5, 0.6) is 0 Å². The molecule has 16 heavy (non-hydrogen) atoms. The van der Waals surface area contributed by atoms with Crippen molar-refractivity contribution >= 4 is 28.2 Å². The fourth-order valence-corrected chi connectivity index (χ4v) is 4.04. The standard InChI is InChI=1S/C11H17N3S2/c12-7-9-10(8-1-2-8)13-11(16-9)14-3-5-15-6-4-14/h8H,1-7,12H2. The van der Waals surface area contributed by atoms with Crippen molar-refractivity contribution in [3.63, 3.8) is 0 Å². The lowest BCUT2D eigenvalue weighted by molar-refractivity contribution is 0.844. The topological polar surface area (TPSA) is 42.1 Å². The summed E-state index contributed by atoms with van der Waals surface area (Å²) in [6, 6.07) is 0. The third-order valence-electron chi connectivity index (χ3n) is 3.15. The van der Waals surface area contributed by atoms with Gasteiger partial charge in [0, 0.05) is 41.9 Å². The van der Waals surface area contributed by atoms with E-state index < -0.39 is 0 Å². The van der Waals surface area contributed by atoms with Gasteiger partial charge in [0.15, 0.2) is 5.13 Å². The molecule has 2 aliphatic rings. The maximum absolute atomic E-state index is 5.81. The minimum atomic E-state index is 0.659. The molecule has 0 atom stereocenters. The number of rotatable bonds is 3. The minimum Gasteiger partial charge on any atom is -0.346 e. The molecule has 1 aliphatic heterocycles. The second-order valence-electron chi connectivity index (χ2n) is 4.38. The number of hydrogen-bond acceptors (Lipinski definition) is 5. The first-order valence-electron chi connectivity index (χ1n) is 5.91. The smallest absolute Gasteiger partial charge is 0.185 e. The third kappa shape index (κ3) is 2.08. The van der Waals surface area contributed by atoms with Crippen LogP contribution in [-0.4, -0.2) is 29.6 Å². The van der Waals surface area contributed by atoms with E-state index >= 15 is 0 Å². The Labute approximate surface area is 104 Å². The average molecular weight is 255 g/mol. The van der Waals surface area contributed by atoms with Gasteiger partial charge in [-0.2, -0.15) is 11.8 Å². The molecular weight excluding hydrogens is 238 g/mol. The van der Waals surface area contributed by atoms with Crippen LogP contribution in [0.3, 0.4) is 0 Å². The zero-order valence-electron chi connectivity index (χ0n) is 9.32. The van der Waals surface area contributed by atoms with Crippen LogP contribution in [-0.2, 0) is 6.54 Å². The first-order valence-corrected chi connectivity index (χ1v) is 7.88. The van der Waals surface area contributed by atoms with Crippen molar-refractivity contribution in [3.8, 4) is 0 Å². The van der Waals surface area contributed by atoms with Crippen molar-refractivity contribution in [3.05, 3.63) is 10.6 Å². The van der Waals surface area contributed by atoms with Gasteiger partial charge in [0.05, 0.1) is 5.69 Å². The monoisotopic (exact) mass is 255 g/mol. The normalized spacial score (nSPS) is 21.4. The molecule has 0 spiro atoms. The van der Waals surface area contributed by atoms with E-state index in [2.05, 4.69) is 4.90 Å². The molecular formula is C11H17N3S2. The van der Waals surface area contributed by atoms with Gasteiger partial charge in [-0.3, -0.25) is 0 Å². The quantitative estimate of drug-likeness (QED) is 0.897. The Bertz CT molecular complexity index is 367. The van der Waals surface area contributed by atoms with Crippen molar-refractivity contribution in [1.29, 1.82) is 0 Å². The number of nitrogens with two attached hydrogens (primary N) is 1. The molecule has 2 heterocycles. The van der Waals surface area contributed by atoms with Crippen LogP contribution in [0.1, 0.15) is 29.3 Å². The van der Waals surface area contributed by atoms with Crippen LogP contribution in [0, 0.1) is 0 Å². The number of thiazole rings is 1. The fourth-order valence-electron chi connectivity index (χ4n) is 2.06. The Kier molecular flexibility index (Phi) is 3.09. The third-order valence-corrected chi connectivity index (χ3v) is 5.24. The Hall–Kier alpha value is -0.260. The Balaban J connectivity index is 1.83. The highest BCUT2D eigenvalue weighted by atomic mass is 32.2. The van der Waals surface area contributed by atoms with Crippen molar-refractivity contribution in [1.82, 2.24) is 4.98 Å². The number of hydrogen-bond donors (Lipinski definition) is 1. The largest absolute Gasteiger partial charge is 0.346 e. The van der Waals surface area contributed by atoms with Gasteiger partial charge in [-0.1, -0.05) is 0 Å². The van der Waals surface area contributed by atoms with E-state index in [0.717, 1.165) is 19.0 Å². The van der Waals surface area contributed by atoms with Gasteiger partial charge in [0.25, 0.3) is 0 Å². The van der Waals surface area contributed by atoms with E-state index in [1.165, 1.54) is 40.0 Å². The lowest BCUT2D eigenvalue weighted by Crippen LogP contribution is -2.32.